The lowest BCUT2D eigenvalue weighted by molar-refractivity contribution is 0.470. The van der Waals surface area contributed by atoms with E-state index in [4.69, 9.17) is 0 Å². The van der Waals surface area contributed by atoms with Gasteiger partial charge in [0, 0.05) is 18.8 Å². The molecule has 1 rings (SSSR count). The molecule has 0 saturated heterocycles. The fourth-order valence-electron chi connectivity index (χ4n) is 1.68. The summed E-state index contributed by atoms with van der Waals surface area (Å²) < 4.78 is 2.07. The molecule has 1 atom stereocenters. The lowest BCUT2D eigenvalue weighted by atomic mass is 10.1. The predicted molar refractivity (Wildman–Crippen MR) is 59.2 cm³/mol. The minimum atomic E-state index is 0.456. The molecule has 0 aromatic carbocycles. The normalized spacial score (nSPS) is 13.1. The van der Waals surface area contributed by atoms with E-state index >= 15 is 0 Å². The summed E-state index contributed by atoms with van der Waals surface area (Å²) in [6, 6.07) is 2.57. The predicted octanol–water partition coefficient (Wildman–Crippen LogP) is 2.35. The number of nitrogens with zero attached hydrogens (tertiary/aromatic N) is 2. The van der Waals surface area contributed by atoms with E-state index < -0.39 is 0 Å². The molecule has 1 heterocycles. The Bertz CT molecular complexity index is 255. The second kappa shape index (κ2) is 5.81. The first-order chi connectivity index (χ1) is 6.83. The highest BCUT2D eigenvalue weighted by Crippen LogP contribution is 2.15. The molecule has 0 saturated carbocycles. The van der Waals surface area contributed by atoms with E-state index in [1.54, 1.807) is 0 Å². The molecule has 80 valence electrons. The van der Waals surface area contributed by atoms with E-state index in [0.717, 1.165) is 19.5 Å². The van der Waals surface area contributed by atoms with Crippen molar-refractivity contribution >= 4 is 0 Å². The van der Waals surface area contributed by atoms with Crippen molar-refractivity contribution in [3.8, 4) is 0 Å². The fraction of sp³-hybridized carbons (Fsp3) is 0.727. The Balaban J connectivity index is 2.67. The smallest absolute Gasteiger partial charge is 0.0553 e. The van der Waals surface area contributed by atoms with Crippen molar-refractivity contribution in [2.45, 2.75) is 46.2 Å². The van der Waals surface area contributed by atoms with Crippen molar-refractivity contribution in [1.29, 1.82) is 0 Å². The summed E-state index contributed by atoms with van der Waals surface area (Å²) in [4.78, 5) is 0. The quantitative estimate of drug-likeness (QED) is 0.755. The van der Waals surface area contributed by atoms with E-state index in [1.807, 2.05) is 6.20 Å². The fourth-order valence-corrected chi connectivity index (χ4v) is 1.68. The molecule has 1 aromatic rings. The molecule has 0 radical (unpaired) electrons. The maximum absolute atomic E-state index is 4.29. The topological polar surface area (TPSA) is 29.9 Å². The standard InChI is InChI=1S/C11H21N3/c1-4-8-12-10(5-2)11-7-9-13-14(11)6-3/h7,9-10,12H,4-6,8H2,1-3H3. The maximum Gasteiger partial charge on any atom is 0.0553 e. The van der Waals surface area contributed by atoms with E-state index in [2.05, 4.69) is 41.9 Å². The molecule has 0 aliphatic carbocycles. The second-order valence-electron chi connectivity index (χ2n) is 3.49. The van der Waals surface area contributed by atoms with Gasteiger partial charge in [-0.25, -0.2) is 0 Å². The molecule has 3 heteroatoms. The summed E-state index contributed by atoms with van der Waals surface area (Å²) in [6.07, 6.45) is 4.18. The van der Waals surface area contributed by atoms with Gasteiger partial charge in [-0.3, -0.25) is 4.68 Å². The first-order valence-electron chi connectivity index (χ1n) is 5.58. The van der Waals surface area contributed by atoms with E-state index in [9.17, 15) is 0 Å². The third kappa shape index (κ3) is 2.58. The van der Waals surface area contributed by atoms with Gasteiger partial charge >= 0.3 is 0 Å². The Kier molecular flexibility index (Phi) is 4.66. The Hall–Kier alpha value is -0.830. The van der Waals surface area contributed by atoms with Gasteiger partial charge in [0.05, 0.1) is 5.69 Å². The molecule has 0 spiro atoms. The van der Waals surface area contributed by atoms with Gasteiger partial charge in [0.1, 0.15) is 0 Å². The second-order valence-corrected chi connectivity index (χ2v) is 3.49. The highest BCUT2D eigenvalue weighted by molar-refractivity contribution is 5.06. The zero-order chi connectivity index (χ0) is 10.4. The summed E-state index contributed by atoms with van der Waals surface area (Å²) >= 11 is 0. The zero-order valence-electron chi connectivity index (χ0n) is 9.45. The van der Waals surface area contributed by atoms with Crippen LogP contribution in [-0.2, 0) is 6.54 Å². The van der Waals surface area contributed by atoms with Crippen molar-refractivity contribution in [1.82, 2.24) is 15.1 Å². The lowest BCUT2D eigenvalue weighted by Crippen LogP contribution is -2.24. The highest BCUT2D eigenvalue weighted by Gasteiger charge is 2.11. The number of nitrogens with one attached hydrogen (secondary N) is 1. The van der Waals surface area contributed by atoms with Crippen LogP contribution in [-0.4, -0.2) is 16.3 Å². The minimum absolute atomic E-state index is 0.456. The van der Waals surface area contributed by atoms with Gasteiger partial charge in [-0.1, -0.05) is 13.8 Å². The summed E-state index contributed by atoms with van der Waals surface area (Å²) in [6.45, 7) is 8.56. The number of rotatable bonds is 6. The van der Waals surface area contributed by atoms with Crippen LogP contribution < -0.4 is 5.32 Å². The van der Waals surface area contributed by atoms with Gasteiger partial charge in [-0.15, -0.1) is 0 Å². The molecular formula is C11H21N3. The number of aryl methyl sites for hydroxylation is 1. The molecule has 0 amide bonds. The monoisotopic (exact) mass is 195 g/mol. The maximum atomic E-state index is 4.29. The summed E-state index contributed by atoms with van der Waals surface area (Å²) in [5, 5.41) is 7.82. The van der Waals surface area contributed by atoms with Crippen LogP contribution in [0.4, 0.5) is 0 Å². The van der Waals surface area contributed by atoms with Crippen LogP contribution in [0.1, 0.15) is 45.3 Å². The number of hydrogen-bond donors (Lipinski definition) is 1. The van der Waals surface area contributed by atoms with Crippen LogP contribution in [0, 0.1) is 0 Å². The van der Waals surface area contributed by atoms with Gasteiger partial charge in [0.15, 0.2) is 0 Å². The largest absolute Gasteiger partial charge is 0.309 e. The molecule has 1 unspecified atom stereocenters. The van der Waals surface area contributed by atoms with Crippen molar-refractivity contribution in [2.24, 2.45) is 0 Å². The Labute approximate surface area is 86.5 Å². The molecule has 0 fully saturated rings. The number of hydrogen-bond acceptors (Lipinski definition) is 2. The van der Waals surface area contributed by atoms with E-state index in [0.29, 0.717) is 6.04 Å². The molecule has 1 N–H and O–H groups in total. The van der Waals surface area contributed by atoms with Crippen LogP contribution in [0.3, 0.4) is 0 Å². The third-order valence-corrected chi connectivity index (χ3v) is 2.45. The molecule has 1 aromatic heterocycles. The SMILES string of the molecule is CCCNC(CC)c1ccnn1CC. The van der Waals surface area contributed by atoms with Gasteiger partial charge in [-0.2, -0.15) is 5.10 Å². The first-order valence-corrected chi connectivity index (χ1v) is 5.58. The first kappa shape index (κ1) is 11.2. The van der Waals surface area contributed by atoms with Gasteiger partial charge in [0.25, 0.3) is 0 Å². The Morgan fingerprint density at radius 1 is 1.43 bits per heavy atom. The van der Waals surface area contributed by atoms with Gasteiger partial charge in [-0.05, 0) is 32.4 Å². The van der Waals surface area contributed by atoms with E-state index in [-0.39, 0.29) is 0 Å². The van der Waals surface area contributed by atoms with Crippen molar-refractivity contribution < 1.29 is 0 Å². The molecule has 3 nitrogen and oxygen atoms in total. The van der Waals surface area contributed by atoms with Gasteiger partial charge < -0.3 is 5.32 Å². The molecule has 0 aliphatic heterocycles. The molecular weight excluding hydrogens is 174 g/mol. The molecule has 14 heavy (non-hydrogen) atoms. The van der Waals surface area contributed by atoms with Crippen molar-refractivity contribution in [2.75, 3.05) is 6.54 Å². The molecule has 0 bridgehead atoms. The zero-order valence-corrected chi connectivity index (χ0v) is 9.45. The number of aromatic nitrogens is 2. The van der Waals surface area contributed by atoms with Crippen LogP contribution >= 0.6 is 0 Å². The van der Waals surface area contributed by atoms with Gasteiger partial charge in [0.2, 0.25) is 0 Å². The van der Waals surface area contributed by atoms with Crippen molar-refractivity contribution in [3.05, 3.63) is 18.0 Å². The van der Waals surface area contributed by atoms with Crippen LogP contribution in [0.15, 0.2) is 12.3 Å². The third-order valence-electron chi connectivity index (χ3n) is 2.45. The van der Waals surface area contributed by atoms with E-state index in [1.165, 1.54) is 12.1 Å². The Morgan fingerprint density at radius 2 is 2.21 bits per heavy atom. The molecule has 0 aliphatic rings. The summed E-state index contributed by atoms with van der Waals surface area (Å²) in [5.41, 5.74) is 1.31. The van der Waals surface area contributed by atoms with Crippen molar-refractivity contribution in [3.63, 3.8) is 0 Å². The summed E-state index contributed by atoms with van der Waals surface area (Å²) in [5.74, 6) is 0. The van der Waals surface area contributed by atoms with Crippen LogP contribution in [0.2, 0.25) is 0 Å². The lowest BCUT2D eigenvalue weighted by Gasteiger charge is -2.17. The van der Waals surface area contributed by atoms with Crippen LogP contribution in [0.25, 0.3) is 0 Å². The minimum Gasteiger partial charge on any atom is -0.309 e. The summed E-state index contributed by atoms with van der Waals surface area (Å²) in [7, 11) is 0. The Morgan fingerprint density at radius 3 is 2.79 bits per heavy atom. The average molecular weight is 195 g/mol. The van der Waals surface area contributed by atoms with Crippen LogP contribution in [0.5, 0.6) is 0 Å². The average Bonchev–Trinajstić information content (AvgIpc) is 2.67. The highest BCUT2D eigenvalue weighted by atomic mass is 15.3.